The minimum absolute atomic E-state index is 0.223. The highest BCUT2D eigenvalue weighted by atomic mass is 35.5. The van der Waals surface area contributed by atoms with Crippen LogP contribution >= 0.6 is 22.9 Å². The zero-order valence-corrected chi connectivity index (χ0v) is 10.8. The third-order valence-corrected chi connectivity index (χ3v) is 3.76. The topological polar surface area (TPSA) is 65.5 Å². The van der Waals surface area contributed by atoms with Gasteiger partial charge in [0.2, 0.25) is 0 Å². The summed E-state index contributed by atoms with van der Waals surface area (Å²) in [5.74, 6) is -0.240. The van der Waals surface area contributed by atoms with Gasteiger partial charge in [-0.3, -0.25) is 9.69 Å². The standard InChI is InChI=1S/C10H14ClN3O2S/c11-9-8(13-6-17-9)10(16)12-2-4-14-3-1-7(15)5-14/h6-7,15H,1-5H2,(H,12,16). The SMILES string of the molecule is O=C(NCCN1CCC(O)C1)c1ncsc1Cl. The van der Waals surface area contributed by atoms with E-state index in [9.17, 15) is 9.90 Å². The maximum absolute atomic E-state index is 11.6. The van der Waals surface area contributed by atoms with E-state index in [4.69, 9.17) is 11.6 Å². The lowest BCUT2D eigenvalue weighted by atomic mass is 10.3. The van der Waals surface area contributed by atoms with Gasteiger partial charge in [0.05, 0.1) is 11.6 Å². The first-order chi connectivity index (χ1) is 8.16. The third-order valence-electron chi connectivity index (χ3n) is 2.70. The Morgan fingerprint density at radius 3 is 3.18 bits per heavy atom. The molecule has 94 valence electrons. The Labute approximate surface area is 108 Å². The molecule has 0 saturated carbocycles. The van der Waals surface area contributed by atoms with Gasteiger partial charge in [-0.15, -0.1) is 11.3 Å². The average Bonchev–Trinajstić information content (AvgIpc) is 2.87. The van der Waals surface area contributed by atoms with Crippen molar-refractivity contribution < 1.29 is 9.90 Å². The highest BCUT2D eigenvalue weighted by Gasteiger charge is 2.20. The fourth-order valence-electron chi connectivity index (χ4n) is 1.81. The lowest BCUT2D eigenvalue weighted by molar-refractivity contribution is 0.0945. The van der Waals surface area contributed by atoms with Gasteiger partial charge in [0, 0.05) is 26.2 Å². The van der Waals surface area contributed by atoms with E-state index in [2.05, 4.69) is 15.2 Å². The fourth-order valence-corrected chi connectivity index (χ4v) is 2.57. The number of hydrogen-bond acceptors (Lipinski definition) is 5. The maximum atomic E-state index is 11.6. The lowest BCUT2D eigenvalue weighted by Gasteiger charge is -2.14. The summed E-state index contributed by atoms with van der Waals surface area (Å²) in [5.41, 5.74) is 1.84. The Kier molecular flexibility index (Phi) is 4.33. The summed E-state index contributed by atoms with van der Waals surface area (Å²) in [6.45, 7) is 2.85. The van der Waals surface area contributed by atoms with Crippen LogP contribution in [0, 0.1) is 0 Å². The Bertz CT molecular complexity index is 399. The number of halogens is 1. The van der Waals surface area contributed by atoms with Crippen LogP contribution in [0.2, 0.25) is 4.34 Å². The number of likely N-dealkylation sites (tertiary alicyclic amines) is 1. The van der Waals surface area contributed by atoms with Crippen molar-refractivity contribution in [2.45, 2.75) is 12.5 Å². The van der Waals surface area contributed by atoms with Crippen molar-refractivity contribution in [1.29, 1.82) is 0 Å². The van der Waals surface area contributed by atoms with Gasteiger partial charge in [-0.25, -0.2) is 4.98 Å². The van der Waals surface area contributed by atoms with Crippen molar-refractivity contribution in [3.63, 3.8) is 0 Å². The molecule has 0 spiro atoms. The Morgan fingerprint density at radius 1 is 1.76 bits per heavy atom. The number of carbonyl (C=O) groups is 1. The van der Waals surface area contributed by atoms with E-state index in [0.29, 0.717) is 17.4 Å². The molecule has 17 heavy (non-hydrogen) atoms. The highest BCUT2D eigenvalue weighted by molar-refractivity contribution is 7.14. The van der Waals surface area contributed by atoms with Crippen LogP contribution in [-0.2, 0) is 0 Å². The van der Waals surface area contributed by atoms with E-state index in [-0.39, 0.29) is 17.7 Å². The molecule has 2 heterocycles. The highest BCUT2D eigenvalue weighted by Crippen LogP contribution is 2.19. The van der Waals surface area contributed by atoms with Gasteiger partial charge in [0.1, 0.15) is 4.34 Å². The average molecular weight is 276 g/mol. The van der Waals surface area contributed by atoms with Gasteiger partial charge in [-0.05, 0) is 6.42 Å². The van der Waals surface area contributed by atoms with Crippen molar-refractivity contribution in [2.75, 3.05) is 26.2 Å². The summed E-state index contributed by atoms with van der Waals surface area (Å²) >= 11 is 7.05. The number of thiazole rings is 1. The van der Waals surface area contributed by atoms with Crippen LogP contribution < -0.4 is 5.32 Å². The molecule has 1 aromatic heterocycles. The zero-order valence-electron chi connectivity index (χ0n) is 9.23. The normalized spacial score (nSPS) is 20.7. The minimum Gasteiger partial charge on any atom is -0.392 e. The molecule has 5 nitrogen and oxygen atoms in total. The quantitative estimate of drug-likeness (QED) is 0.844. The molecule has 1 aromatic rings. The van der Waals surface area contributed by atoms with E-state index in [0.717, 1.165) is 19.5 Å². The van der Waals surface area contributed by atoms with E-state index in [1.54, 1.807) is 5.51 Å². The van der Waals surface area contributed by atoms with Crippen molar-refractivity contribution in [3.8, 4) is 0 Å². The second kappa shape index (κ2) is 5.77. The van der Waals surface area contributed by atoms with E-state index >= 15 is 0 Å². The summed E-state index contributed by atoms with van der Waals surface area (Å²) < 4.78 is 0.416. The van der Waals surface area contributed by atoms with Crippen LogP contribution in [0.3, 0.4) is 0 Å². The molecule has 1 atom stereocenters. The summed E-state index contributed by atoms with van der Waals surface area (Å²) in [6, 6.07) is 0. The molecular weight excluding hydrogens is 262 g/mol. The number of carbonyl (C=O) groups excluding carboxylic acids is 1. The van der Waals surface area contributed by atoms with Gasteiger partial charge in [0.15, 0.2) is 5.69 Å². The second-order valence-corrected chi connectivity index (χ2v) is 5.43. The number of nitrogens with zero attached hydrogens (tertiary/aromatic N) is 2. The molecule has 1 aliphatic heterocycles. The summed E-state index contributed by atoms with van der Waals surface area (Å²) in [4.78, 5) is 17.7. The van der Waals surface area contributed by atoms with Crippen molar-refractivity contribution in [2.24, 2.45) is 0 Å². The molecule has 7 heteroatoms. The maximum Gasteiger partial charge on any atom is 0.272 e. The molecule has 1 unspecified atom stereocenters. The number of hydrogen-bond donors (Lipinski definition) is 2. The van der Waals surface area contributed by atoms with Crippen LogP contribution in [-0.4, -0.2) is 53.2 Å². The molecule has 1 saturated heterocycles. The van der Waals surface area contributed by atoms with Crippen LogP contribution in [0.5, 0.6) is 0 Å². The summed E-state index contributed by atoms with van der Waals surface area (Å²) in [6.07, 6.45) is 0.588. The lowest BCUT2D eigenvalue weighted by Crippen LogP contribution is -2.34. The fraction of sp³-hybridized carbons (Fsp3) is 0.600. The predicted octanol–water partition coefficient (Wildman–Crippen LogP) is 0.593. The largest absolute Gasteiger partial charge is 0.392 e. The Morgan fingerprint density at radius 2 is 2.59 bits per heavy atom. The van der Waals surface area contributed by atoms with Gasteiger partial charge < -0.3 is 10.4 Å². The first-order valence-corrected chi connectivity index (χ1v) is 6.70. The van der Waals surface area contributed by atoms with Crippen molar-refractivity contribution in [1.82, 2.24) is 15.2 Å². The van der Waals surface area contributed by atoms with Crippen molar-refractivity contribution >= 4 is 28.8 Å². The van der Waals surface area contributed by atoms with Gasteiger partial charge in [-0.2, -0.15) is 0 Å². The van der Waals surface area contributed by atoms with E-state index < -0.39 is 0 Å². The molecule has 0 aliphatic carbocycles. The molecule has 2 N–H and O–H groups in total. The molecular formula is C10H14ClN3O2S. The molecule has 1 fully saturated rings. The minimum atomic E-state index is -0.240. The first-order valence-electron chi connectivity index (χ1n) is 5.44. The molecule has 1 aliphatic rings. The number of β-amino-alcohol motifs (C(OH)–C–C–N with tert-alkyl or cyclic N) is 1. The molecule has 0 radical (unpaired) electrons. The Hall–Kier alpha value is -0.690. The van der Waals surface area contributed by atoms with Crippen LogP contribution in [0.1, 0.15) is 16.9 Å². The van der Waals surface area contributed by atoms with Crippen LogP contribution in [0.25, 0.3) is 0 Å². The van der Waals surface area contributed by atoms with Gasteiger partial charge >= 0.3 is 0 Å². The first kappa shape index (κ1) is 12.8. The van der Waals surface area contributed by atoms with E-state index in [1.807, 2.05) is 0 Å². The van der Waals surface area contributed by atoms with Crippen LogP contribution in [0.4, 0.5) is 0 Å². The number of amides is 1. The van der Waals surface area contributed by atoms with E-state index in [1.165, 1.54) is 11.3 Å². The zero-order chi connectivity index (χ0) is 12.3. The summed E-state index contributed by atoms with van der Waals surface area (Å²) in [5, 5.41) is 12.1. The van der Waals surface area contributed by atoms with Crippen LogP contribution in [0.15, 0.2) is 5.51 Å². The molecule has 2 rings (SSSR count). The number of aromatic nitrogens is 1. The predicted molar refractivity (Wildman–Crippen MR) is 66.5 cm³/mol. The number of aliphatic hydroxyl groups is 1. The number of rotatable bonds is 4. The third kappa shape index (κ3) is 3.38. The second-order valence-electron chi connectivity index (χ2n) is 3.97. The number of aliphatic hydroxyl groups excluding tert-OH is 1. The van der Waals surface area contributed by atoms with Crippen molar-refractivity contribution in [3.05, 3.63) is 15.5 Å². The number of nitrogens with one attached hydrogen (secondary N) is 1. The summed E-state index contributed by atoms with van der Waals surface area (Å²) in [7, 11) is 0. The smallest absolute Gasteiger partial charge is 0.272 e. The van der Waals surface area contributed by atoms with Gasteiger partial charge in [-0.1, -0.05) is 11.6 Å². The Balaban J connectivity index is 1.72. The molecule has 1 amide bonds. The van der Waals surface area contributed by atoms with Gasteiger partial charge in [0.25, 0.3) is 5.91 Å². The molecule has 0 aromatic carbocycles. The monoisotopic (exact) mass is 275 g/mol. The molecule has 0 bridgehead atoms.